The van der Waals surface area contributed by atoms with Gasteiger partial charge in [0, 0.05) is 22.3 Å². The van der Waals surface area contributed by atoms with Crippen molar-refractivity contribution in [2.45, 2.75) is 33.6 Å². The minimum Gasteiger partial charge on any atom is -0.260 e. The Morgan fingerprint density at radius 2 is 1.90 bits per heavy atom. The van der Waals surface area contributed by atoms with E-state index in [-0.39, 0.29) is 0 Å². The lowest BCUT2D eigenvalue weighted by molar-refractivity contribution is 0.619. The van der Waals surface area contributed by atoms with Crippen molar-refractivity contribution in [3.05, 3.63) is 0 Å². The maximum Gasteiger partial charge on any atom is 0.0237 e. The molecule has 1 nitrogen and oxygen atoms in total. The summed E-state index contributed by atoms with van der Waals surface area (Å²) in [7, 11) is -0.541. The second-order valence-electron chi connectivity index (χ2n) is 3.03. The molecular formula is C8H18OS. The van der Waals surface area contributed by atoms with Crippen molar-refractivity contribution in [2.75, 3.05) is 11.5 Å². The fraction of sp³-hybridized carbons (Fsp3) is 1.00. The van der Waals surface area contributed by atoms with E-state index in [4.69, 9.17) is 0 Å². The van der Waals surface area contributed by atoms with Crippen molar-refractivity contribution >= 4 is 10.8 Å². The Hall–Kier alpha value is 0.150. The standard InChI is InChI=1S/C8H18OS/c1-4-6-10(9)7-5-8(2)3/h8H,4-7H2,1-3H3. The molecule has 1 unspecified atom stereocenters. The maximum atomic E-state index is 11.1. The molecule has 0 fully saturated rings. The third kappa shape index (κ3) is 6.27. The summed E-state index contributed by atoms with van der Waals surface area (Å²) >= 11 is 0. The van der Waals surface area contributed by atoms with Crippen LogP contribution in [-0.4, -0.2) is 15.7 Å². The summed E-state index contributed by atoms with van der Waals surface area (Å²) in [5.74, 6) is 2.47. The summed E-state index contributed by atoms with van der Waals surface area (Å²) < 4.78 is 11.1. The lowest BCUT2D eigenvalue weighted by Crippen LogP contribution is -2.04. The lowest BCUT2D eigenvalue weighted by atomic mass is 10.2. The van der Waals surface area contributed by atoms with Gasteiger partial charge in [-0.3, -0.25) is 4.21 Å². The molecule has 0 saturated carbocycles. The molecule has 0 amide bonds. The molecular weight excluding hydrogens is 144 g/mol. The minimum atomic E-state index is -0.541. The first-order chi connectivity index (χ1) is 4.66. The highest BCUT2D eigenvalue weighted by atomic mass is 32.2. The Bertz CT molecular complexity index is 99.4. The lowest BCUT2D eigenvalue weighted by Gasteiger charge is -2.02. The van der Waals surface area contributed by atoms with E-state index in [9.17, 15) is 4.21 Å². The van der Waals surface area contributed by atoms with Crippen LogP contribution in [0.3, 0.4) is 0 Å². The van der Waals surface area contributed by atoms with Gasteiger partial charge < -0.3 is 0 Å². The molecule has 0 rings (SSSR count). The molecule has 0 aliphatic carbocycles. The van der Waals surface area contributed by atoms with Gasteiger partial charge in [0.2, 0.25) is 0 Å². The molecule has 0 heterocycles. The zero-order valence-corrected chi connectivity index (χ0v) is 8.04. The molecule has 0 radical (unpaired) electrons. The molecule has 0 aliphatic rings. The fourth-order valence-electron chi connectivity index (χ4n) is 0.697. The van der Waals surface area contributed by atoms with Crippen LogP contribution in [0.25, 0.3) is 0 Å². The predicted molar refractivity (Wildman–Crippen MR) is 47.6 cm³/mol. The third-order valence-corrected chi connectivity index (χ3v) is 2.91. The predicted octanol–water partition coefficient (Wildman–Crippen LogP) is 2.19. The molecule has 0 spiro atoms. The van der Waals surface area contributed by atoms with E-state index in [1.165, 1.54) is 0 Å². The van der Waals surface area contributed by atoms with Crippen LogP contribution in [0, 0.1) is 5.92 Å². The molecule has 0 aromatic heterocycles. The summed E-state index contributed by atoms with van der Waals surface area (Å²) in [6.45, 7) is 6.42. The van der Waals surface area contributed by atoms with Crippen LogP contribution < -0.4 is 0 Å². The van der Waals surface area contributed by atoms with Crippen LogP contribution in [0.4, 0.5) is 0 Å². The molecule has 62 valence electrons. The van der Waals surface area contributed by atoms with E-state index < -0.39 is 10.8 Å². The van der Waals surface area contributed by atoms with Crippen molar-refractivity contribution in [1.29, 1.82) is 0 Å². The zero-order valence-electron chi connectivity index (χ0n) is 7.22. The highest BCUT2D eigenvalue weighted by Gasteiger charge is 1.99. The average Bonchev–Trinajstić information content (AvgIpc) is 1.85. The maximum absolute atomic E-state index is 11.1. The monoisotopic (exact) mass is 162 g/mol. The minimum absolute atomic E-state index is 0.541. The highest BCUT2D eigenvalue weighted by molar-refractivity contribution is 7.84. The van der Waals surface area contributed by atoms with Crippen molar-refractivity contribution < 1.29 is 4.21 Å². The second kappa shape index (κ2) is 5.90. The fourth-order valence-corrected chi connectivity index (χ4v) is 2.09. The molecule has 0 aromatic rings. The van der Waals surface area contributed by atoms with Crippen LogP contribution in [0.5, 0.6) is 0 Å². The first kappa shape index (κ1) is 10.2. The van der Waals surface area contributed by atoms with Crippen LogP contribution in [-0.2, 0) is 10.8 Å². The van der Waals surface area contributed by atoms with Gasteiger partial charge in [0.05, 0.1) is 0 Å². The van der Waals surface area contributed by atoms with Crippen molar-refractivity contribution in [2.24, 2.45) is 5.92 Å². The molecule has 0 aromatic carbocycles. The van der Waals surface area contributed by atoms with Gasteiger partial charge in [0.1, 0.15) is 0 Å². The van der Waals surface area contributed by atoms with E-state index in [1.54, 1.807) is 0 Å². The van der Waals surface area contributed by atoms with E-state index in [0.29, 0.717) is 5.92 Å². The second-order valence-corrected chi connectivity index (χ2v) is 4.73. The molecule has 0 saturated heterocycles. The summed E-state index contributed by atoms with van der Waals surface area (Å²) in [4.78, 5) is 0. The van der Waals surface area contributed by atoms with Gasteiger partial charge in [-0.25, -0.2) is 0 Å². The van der Waals surface area contributed by atoms with Crippen molar-refractivity contribution in [3.63, 3.8) is 0 Å². The van der Waals surface area contributed by atoms with Crippen molar-refractivity contribution in [3.8, 4) is 0 Å². The van der Waals surface area contributed by atoms with Crippen LogP contribution >= 0.6 is 0 Å². The first-order valence-electron chi connectivity index (χ1n) is 4.01. The van der Waals surface area contributed by atoms with E-state index in [0.717, 1.165) is 24.3 Å². The first-order valence-corrected chi connectivity index (χ1v) is 5.50. The average molecular weight is 162 g/mol. The molecule has 10 heavy (non-hydrogen) atoms. The van der Waals surface area contributed by atoms with Gasteiger partial charge in [-0.05, 0) is 18.8 Å². The number of hydrogen-bond acceptors (Lipinski definition) is 1. The molecule has 0 aliphatic heterocycles. The Morgan fingerprint density at radius 3 is 2.30 bits per heavy atom. The van der Waals surface area contributed by atoms with Gasteiger partial charge in [-0.1, -0.05) is 20.8 Å². The van der Waals surface area contributed by atoms with Gasteiger partial charge >= 0.3 is 0 Å². The molecule has 1 atom stereocenters. The van der Waals surface area contributed by atoms with E-state index in [2.05, 4.69) is 20.8 Å². The summed E-state index contributed by atoms with van der Waals surface area (Å²) in [6.07, 6.45) is 2.15. The smallest absolute Gasteiger partial charge is 0.0237 e. The van der Waals surface area contributed by atoms with E-state index >= 15 is 0 Å². The zero-order chi connectivity index (χ0) is 7.98. The Balaban J connectivity index is 3.22. The summed E-state index contributed by atoms with van der Waals surface area (Å²) in [5, 5.41) is 0. The largest absolute Gasteiger partial charge is 0.260 e. The van der Waals surface area contributed by atoms with E-state index in [1.807, 2.05) is 0 Å². The Kier molecular flexibility index (Phi) is 5.99. The topological polar surface area (TPSA) is 17.1 Å². The number of hydrogen-bond donors (Lipinski definition) is 0. The quantitative estimate of drug-likeness (QED) is 0.605. The highest BCUT2D eigenvalue weighted by Crippen LogP contribution is 2.01. The van der Waals surface area contributed by atoms with Crippen LogP contribution in [0.15, 0.2) is 0 Å². The van der Waals surface area contributed by atoms with Crippen LogP contribution in [0.1, 0.15) is 33.6 Å². The Morgan fingerprint density at radius 1 is 1.30 bits per heavy atom. The normalized spacial score (nSPS) is 14.0. The number of rotatable bonds is 5. The van der Waals surface area contributed by atoms with Gasteiger partial charge in [0.15, 0.2) is 0 Å². The van der Waals surface area contributed by atoms with Gasteiger partial charge in [-0.2, -0.15) is 0 Å². The van der Waals surface area contributed by atoms with Crippen molar-refractivity contribution in [1.82, 2.24) is 0 Å². The molecule has 0 N–H and O–H groups in total. The van der Waals surface area contributed by atoms with Crippen LogP contribution in [0.2, 0.25) is 0 Å². The molecule has 2 heteroatoms. The molecule has 0 bridgehead atoms. The summed E-state index contributed by atoms with van der Waals surface area (Å²) in [5.41, 5.74) is 0. The summed E-state index contributed by atoms with van der Waals surface area (Å²) in [6, 6.07) is 0. The Labute approximate surface area is 66.7 Å². The third-order valence-electron chi connectivity index (χ3n) is 1.35. The SMILES string of the molecule is CCCS(=O)CCC(C)C. The van der Waals surface area contributed by atoms with Gasteiger partial charge in [0.25, 0.3) is 0 Å². The van der Waals surface area contributed by atoms with Gasteiger partial charge in [-0.15, -0.1) is 0 Å².